The van der Waals surface area contributed by atoms with Crippen molar-refractivity contribution in [2.75, 3.05) is 76.3 Å². The van der Waals surface area contributed by atoms with E-state index in [1.54, 1.807) is 11.3 Å². The zero-order chi connectivity index (χ0) is 26.3. The van der Waals surface area contributed by atoms with Crippen molar-refractivity contribution in [3.8, 4) is 21.8 Å². The largest absolute Gasteiger partial charge is 0.378 e. The number of carbonyl (C=O) groups is 1. The van der Waals surface area contributed by atoms with Crippen LogP contribution in [0.1, 0.15) is 15.9 Å². The van der Waals surface area contributed by atoms with Gasteiger partial charge in [-0.3, -0.25) is 4.79 Å². The predicted molar refractivity (Wildman–Crippen MR) is 155 cm³/mol. The Labute approximate surface area is 231 Å². The van der Waals surface area contributed by atoms with Crippen molar-refractivity contribution in [1.82, 2.24) is 24.8 Å². The van der Waals surface area contributed by atoms with Gasteiger partial charge in [0, 0.05) is 68.0 Å². The van der Waals surface area contributed by atoms with E-state index in [0.717, 1.165) is 95.7 Å². The van der Waals surface area contributed by atoms with Gasteiger partial charge in [0.2, 0.25) is 0 Å². The van der Waals surface area contributed by atoms with Crippen LogP contribution in [0.15, 0.2) is 42.6 Å². The van der Waals surface area contributed by atoms with Crippen molar-refractivity contribution in [1.29, 1.82) is 0 Å². The molecule has 0 atom stereocenters. The molecule has 3 aliphatic heterocycles. The molecule has 0 spiro atoms. The molecule has 0 saturated carbocycles. The number of anilines is 2. The third-order valence-corrected chi connectivity index (χ3v) is 8.86. The number of amides is 1. The Morgan fingerprint density at radius 3 is 2.69 bits per heavy atom. The SMILES string of the molecule is CN1CCN(C(=O)c2cccc(-c3cc4c(N5CCOCC5)nc(-c5cnc6c(c5)CCN6)nc4s3)c2)CC1. The molecule has 10 heteroatoms. The Morgan fingerprint density at radius 2 is 1.85 bits per heavy atom. The molecule has 1 aromatic carbocycles. The maximum atomic E-state index is 13.3. The molecule has 39 heavy (non-hydrogen) atoms. The lowest BCUT2D eigenvalue weighted by atomic mass is 10.1. The minimum atomic E-state index is 0.0979. The molecule has 1 N–H and O–H groups in total. The van der Waals surface area contributed by atoms with Crippen molar-refractivity contribution in [2.24, 2.45) is 0 Å². The zero-order valence-corrected chi connectivity index (χ0v) is 22.8. The number of benzene rings is 1. The van der Waals surface area contributed by atoms with Crippen molar-refractivity contribution in [3.63, 3.8) is 0 Å². The first-order valence-corrected chi connectivity index (χ1v) is 14.4. The summed E-state index contributed by atoms with van der Waals surface area (Å²) >= 11 is 1.65. The first-order chi connectivity index (χ1) is 19.1. The molecule has 0 bridgehead atoms. The molecule has 6 heterocycles. The fourth-order valence-electron chi connectivity index (χ4n) is 5.49. The molecule has 3 aliphatic rings. The van der Waals surface area contributed by atoms with Crippen molar-refractivity contribution in [3.05, 3.63) is 53.7 Å². The number of pyridine rings is 1. The Kier molecular flexibility index (Phi) is 6.38. The first-order valence-electron chi connectivity index (χ1n) is 13.6. The van der Waals surface area contributed by atoms with E-state index in [-0.39, 0.29) is 5.91 Å². The second-order valence-electron chi connectivity index (χ2n) is 10.4. The van der Waals surface area contributed by atoms with Crippen LogP contribution in [0.25, 0.3) is 32.0 Å². The maximum Gasteiger partial charge on any atom is 0.253 e. The number of thiophene rings is 1. The third kappa shape index (κ3) is 4.73. The van der Waals surface area contributed by atoms with Gasteiger partial charge in [0.05, 0.1) is 18.6 Å². The lowest BCUT2D eigenvalue weighted by molar-refractivity contribution is 0.0664. The van der Waals surface area contributed by atoms with Gasteiger partial charge in [-0.25, -0.2) is 15.0 Å². The number of hydrogen-bond donors (Lipinski definition) is 1. The lowest BCUT2D eigenvalue weighted by Crippen LogP contribution is -2.47. The van der Waals surface area contributed by atoms with Crippen molar-refractivity contribution >= 4 is 39.1 Å². The number of nitrogens with zero attached hydrogens (tertiary/aromatic N) is 6. The highest BCUT2D eigenvalue weighted by Crippen LogP contribution is 2.39. The molecule has 9 nitrogen and oxygen atoms in total. The van der Waals surface area contributed by atoms with Crippen LogP contribution in [-0.4, -0.2) is 96.7 Å². The number of likely N-dealkylation sites (N-methyl/N-ethyl adjacent to an activating group) is 1. The van der Waals surface area contributed by atoms with E-state index < -0.39 is 0 Å². The van der Waals surface area contributed by atoms with E-state index in [2.05, 4.69) is 45.3 Å². The maximum absolute atomic E-state index is 13.3. The normalized spacial score (nSPS) is 17.9. The number of rotatable bonds is 4. The summed E-state index contributed by atoms with van der Waals surface area (Å²) in [5, 5.41) is 4.36. The average Bonchev–Trinajstić information content (AvgIpc) is 3.64. The highest BCUT2D eigenvalue weighted by molar-refractivity contribution is 7.22. The zero-order valence-electron chi connectivity index (χ0n) is 22.0. The summed E-state index contributed by atoms with van der Waals surface area (Å²) in [6.07, 6.45) is 2.82. The van der Waals surface area contributed by atoms with Crippen molar-refractivity contribution < 1.29 is 9.53 Å². The van der Waals surface area contributed by atoms with Crippen molar-refractivity contribution in [2.45, 2.75) is 6.42 Å². The number of aromatic nitrogens is 3. The summed E-state index contributed by atoms with van der Waals surface area (Å²) < 4.78 is 5.63. The molecular formula is C29H31N7O2S. The monoisotopic (exact) mass is 541 g/mol. The lowest BCUT2D eigenvalue weighted by Gasteiger charge is -2.32. The fraction of sp³-hybridized carbons (Fsp3) is 0.379. The standard InChI is InChI=1S/C29H31N7O2S/c1-34-7-9-36(10-8-34)29(37)21-4-2-3-19(15-21)24-17-23-27(35-11-13-38-14-12-35)32-26(33-28(23)39-24)22-16-20-5-6-30-25(20)31-18-22/h2-4,15-18H,5-14H2,1H3,(H,30,31). The summed E-state index contributed by atoms with van der Waals surface area (Å²) in [6, 6.07) is 12.3. The highest BCUT2D eigenvalue weighted by atomic mass is 32.1. The molecule has 0 unspecified atom stereocenters. The second-order valence-corrected chi connectivity index (χ2v) is 11.4. The van der Waals surface area contributed by atoms with Gasteiger partial charge in [-0.15, -0.1) is 11.3 Å². The smallest absolute Gasteiger partial charge is 0.253 e. The predicted octanol–water partition coefficient (Wildman–Crippen LogP) is 3.61. The van der Waals surface area contributed by atoms with Crippen LogP contribution in [0.4, 0.5) is 11.6 Å². The average molecular weight is 542 g/mol. The summed E-state index contributed by atoms with van der Waals surface area (Å²) in [7, 11) is 2.10. The fourth-order valence-corrected chi connectivity index (χ4v) is 6.51. The van der Waals surface area contributed by atoms with Gasteiger partial charge in [0.1, 0.15) is 16.5 Å². The third-order valence-electron chi connectivity index (χ3n) is 7.78. The van der Waals surface area contributed by atoms with E-state index in [0.29, 0.717) is 19.0 Å². The van der Waals surface area contributed by atoms with Crippen LogP contribution in [0.3, 0.4) is 0 Å². The van der Waals surface area contributed by atoms with E-state index in [1.165, 1.54) is 5.56 Å². The summed E-state index contributed by atoms with van der Waals surface area (Å²) in [5.74, 6) is 2.68. The van der Waals surface area contributed by atoms with E-state index in [4.69, 9.17) is 14.7 Å². The molecule has 4 aromatic rings. The van der Waals surface area contributed by atoms with Crippen LogP contribution in [0, 0.1) is 0 Å². The summed E-state index contributed by atoms with van der Waals surface area (Å²) in [4.78, 5) is 36.5. The number of nitrogens with one attached hydrogen (secondary N) is 1. The number of piperazine rings is 1. The first kappa shape index (κ1) is 24.4. The Bertz CT molecular complexity index is 1540. The van der Waals surface area contributed by atoms with Gasteiger partial charge in [-0.05, 0) is 48.9 Å². The molecule has 2 saturated heterocycles. The number of ether oxygens (including phenoxy) is 1. The minimum Gasteiger partial charge on any atom is -0.378 e. The molecule has 0 aliphatic carbocycles. The number of hydrogen-bond acceptors (Lipinski definition) is 9. The Hall–Kier alpha value is -3.60. The molecule has 1 amide bonds. The van der Waals surface area contributed by atoms with E-state index in [1.807, 2.05) is 29.3 Å². The van der Waals surface area contributed by atoms with Crippen LogP contribution in [-0.2, 0) is 11.2 Å². The number of morpholine rings is 1. The van der Waals surface area contributed by atoms with Gasteiger partial charge >= 0.3 is 0 Å². The number of fused-ring (bicyclic) bond motifs is 2. The molecule has 200 valence electrons. The van der Waals surface area contributed by atoms with E-state index in [9.17, 15) is 4.79 Å². The summed E-state index contributed by atoms with van der Waals surface area (Å²) in [6.45, 7) is 7.19. The molecule has 0 radical (unpaired) electrons. The van der Waals surface area contributed by atoms with Gasteiger partial charge in [0.25, 0.3) is 5.91 Å². The molecular weight excluding hydrogens is 510 g/mol. The Balaban J connectivity index is 1.27. The van der Waals surface area contributed by atoms with Gasteiger partial charge in [0.15, 0.2) is 5.82 Å². The molecule has 2 fully saturated rings. The second kappa shape index (κ2) is 10.2. The molecule has 3 aromatic heterocycles. The minimum absolute atomic E-state index is 0.0979. The van der Waals surface area contributed by atoms with Crippen LogP contribution < -0.4 is 10.2 Å². The van der Waals surface area contributed by atoms with Crippen LogP contribution in [0.2, 0.25) is 0 Å². The summed E-state index contributed by atoms with van der Waals surface area (Å²) in [5.41, 5.74) is 3.90. The van der Waals surface area contributed by atoms with Gasteiger partial charge in [-0.1, -0.05) is 12.1 Å². The molecule has 7 rings (SSSR count). The van der Waals surface area contributed by atoms with Gasteiger partial charge < -0.3 is 24.8 Å². The topological polar surface area (TPSA) is 86.7 Å². The Morgan fingerprint density at radius 1 is 1.00 bits per heavy atom. The highest BCUT2D eigenvalue weighted by Gasteiger charge is 2.23. The van der Waals surface area contributed by atoms with Crippen LogP contribution >= 0.6 is 11.3 Å². The number of carbonyl (C=O) groups excluding carboxylic acids is 1. The van der Waals surface area contributed by atoms with E-state index >= 15 is 0 Å². The van der Waals surface area contributed by atoms with Gasteiger partial charge in [-0.2, -0.15) is 0 Å². The quantitative estimate of drug-likeness (QED) is 0.419. The van der Waals surface area contributed by atoms with Crippen LogP contribution in [0.5, 0.6) is 0 Å².